The molecule has 5 aromatic rings. The number of aromatic nitrogens is 1. The number of benzene rings is 4. The lowest BCUT2D eigenvalue weighted by Crippen LogP contribution is -2.28. The van der Waals surface area contributed by atoms with Crippen LogP contribution in [0.3, 0.4) is 0 Å². The van der Waals surface area contributed by atoms with E-state index < -0.39 is 0 Å². The van der Waals surface area contributed by atoms with E-state index in [0.29, 0.717) is 0 Å². The molecule has 0 saturated heterocycles. The number of halogens is 1. The van der Waals surface area contributed by atoms with Crippen LogP contribution in [0.4, 0.5) is 5.69 Å². The molecule has 0 bridgehead atoms. The van der Waals surface area contributed by atoms with Crippen molar-refractivity contribution in [2.24, 2.45) is 7.05 Å². The number of hydrogen-bond donors (Lipinski definition) is 0. The molecule has 5 heteroatoms. The molecule has 192 valence electrons. The maximum Gasteiger partial charge on any atom is 0.262 e. The summed E-state index contributed by atoms with van der Waals surface area (Å²) in [6, 6.07) is 26.1. The molecule has 7 rings (SSSR count). The van der Waals surface area contributed by atoms with Gasteiger partial charge in [0, 0.05) is 34.5 Å². The largest absolute Gasteiger partial charge is 0.338 e. The molecule has 0 spiro atoms. The van der Waals surface area contributed by atoms with E-state index in [-0.39, 0.29) is 0 Å². The third kappa shape index (κ3) is 4.31. The molecule has 0 unspecified atom stereocenters. The SMILES string of the molecule is CN1C(=CC=C2CCCC(C=Cc3sc4c5ccccc5ccc4[n+]3C)=C2Cl)Sc2c1ccc1ccccc21. The quantitative estimate of drug-likeness (QED) is 0.202. The van der Waals surface area contributed by atoms with E-state index in [9.17, 15) is 0 Å². The zero-order valence-corrected chi connectivity index (χ0v) is 24.3. The summed E-state index contributed by atoms with van der Waals surface area (Å²) >= 11 is 10.7. The molecule has 4 aromatic carbocycles. The fourth-order valence-corrected chi connectivity index (χ4v) is 8.32. The molecular weight excluding hydrogens is 536 g/mol. The van der Waals surface area contributed by atoms with Gasteiger partial charge in [-0.2, -0.15) is 4.57 Å². The minimum atomic E-state index is 0.900. The first-order valence-corrected chi connectivity index (χ1v) is 15.3. The standard InChI is InChI=1S/C34H28ClN2S2/c1-36-28-18-14-22-8-3-5-12-26(22)33(28)38-30(36)20-16-24-10-7-11-25(32(24)35)17-21-31-37(2)29-19-15-23-9-4-6-13-27(23)34(29)39-31/h3-6,8-9,12-21H,7,10-11H2,1-2H3/q+1. The molecule has 1 aromatic heterocycles. The van der Waals surface area contributed by atoms with Crippen molar-refractivity contribution in [3.63, 3.8) is 0 Å². The Kier molecular flexibility index (Phi) is 6.35. The molecule has 0 fully saturated rings. The normalized spacial score (nSPS) is 18.1. The Labute approximate surface area is 242 Å². The third-order valence-electron chi connectivity index (χ3n) is 7.83. The molecule has 2 heterocycles. The van der Waals surface area contributed by atoms with Gasteiger partial charge >= 0.3 is 0 Å². The van der Waals surface area contributed by atoms with Crippen LogP contribution < -0.4 is 9.47 Å². The van der Waals surface area contributed by atoms with Crippen LogP contribution in [-0.4, -0.2) is 7.05 Å². The average Bonchev–Trinajstić information content (AvgIpc) is 3.48. The van der Waals surface area contributed by atoms with Gasteiger partial charge in [0.15, 0.2) is 0 Å². The first-order valence-electron chi connectivity index (χ1n) is 13.3. The van der Waals surface area contributed by atoms with Crippen LogP contribution in [0, 0.1) is 0 Å². The zero-order chi connectivity index (χ0) is 26.5. The van der Waals surface area contributed by atoms with Crippen molar-refractivity contribution in [2.75, 3.05) is 11.9 Å². The molecule has 2 aliphatic rings. The second kappa shape index (κ2) is 10.0. The third-order valence-corrected chi connectivity index (χ3v) is 10.8. The van der Waals surface area contributed by atoms with Gasteiger partial charge in [0.05, 0.1) is 10.7 Å². The van der Waals surface area contributed by atoms with E-state index >= 15 is 0 Å². The average molecular weight is 564 g/mol. The number of thioether (sulfide) groups is 1. The highest BCUT2D eigenvalue weighted by Gasteiger charge is 2.24. The first-order chi connectivity index (χ1) is 19.1. The van der Waals surface area contributed by atoms with E-state index in [4.69, 9.17) is 11.6 Å². The van der Waals surface area contributed by atoms with Crippen molar-refractivity contribution in [2.45, 2.75) is 24.2 Å². The van der Waals surface area contributed by atoms with E-state index in [1.165, 1.54) is 63.5 Å². The van der Waals surface area contributed by atoms with Crippen LogP contribution in [0.1, 0.15) is 24.3 Å². The number of allylic oxidation sites excluding steroid dienone is 6. The number of rotatable bonds is 3. The van der Waals surface area contributed by atoms with Gasteiger partial charge in [-0.25, -0.2) is 0 Å². The minimum Gasteiger partial charge on any atom is -0.338 e. The highest BCUT2D eigenvalue weighted by molar-refractivity contribution is 8.04. The molecule has 1 aliphatic heterocycles. The summed E-state index contributed by atoms with van der Waals surface area (Å²) in [5.41, 5.74) is 4.97. The maximum atomic E-state index is 7.01. The Morgan fingerprint density at radius 2 is 1.59 bits per heavy atom. The minimum absolute atomic E-state index is 0.900. The van der Waals surface area contributed by atoms with Crippen molar-refractivity contribution in [1.82, 2.24) is 0 Å². The highest BCUT2D eigenvalue weighted by Crippen LogP contribution is 2.48. The van der Waals surface area contributed by atoms with Crippen LogP contribution in [-0.2, 0) is 7.05 Å². The van der Waals surface area contributed by atoms with Crippen molar-refractivity contribution in [3.8, 4) is 0 Å². The van der Waals surface area contributed by atoms with Crippen LogP contribution in [0.25, 0.3) is 37.8 Å². The van der Waals surface area contributed by atoms with Crippen molar-refractivity contribution in [1.29, 1.82) is 0 Å². The molecule has 2 nitrogen and oxygen atoms in total. The molecule has 0 radical (unpaired) electrons. The van der Waals surface area contributed by atoms with Gasteiger partial charge in [-0.15, -0.1) is 0 Å². The van der Waals surface area contributed by atoms with Crippen molar-refractivity contribution < 1.29 is 4.57 Å². The number of aryl methyl sites for hydroxylation is 1. The molecule has 0 amide bonds. The van der Waals surface area contributed by atoms with Crippen LogP contribution in [0.2, 0.25) is 0 Å². The summed E-state index contributed by atoms with van der Waals surface area (Å²) in [5, 5.41) is 8.55. The molecule has 0 atom stereocenters. The second-order valence-electron chi connectivity index (χ2n) is 10.2. The second-order valence-corrected chi connectivity index (χ2v) is 12.6. The molecule has 39 heavy (non-hydrogen) atoms. The Morgan fingerprint density at radius 1 is 0.846 bits per heavy atom. The number of fused-ring (bicyclic) bond motifs is 6. The fourth-order valence-electron chi connectivity index (χ4n) is 5.63. The first kappa shape index (κ1) is 24.7. The Bertz CT molecular complexity index is 1910. The maximum absolute atomic E-state index is 7.01. The van der Waals surface area contributed by atoms with Gasteiger partial charge in [-0.05, 0) is 64.8 Å². The molecule has 1 aliphatic carbocycles. The number of anilines is 1. The van der Waals surface area contributed by atoms with E-state index in [1.807, 2.05) is 23.1 Å². The van der Waals surface area contributed by atoms with Gasteiger partial charge in [0.25, 0.3) is 5.01 Å². The van der Waals surface area contributed by atoms with Crippen LogP contribution in [0.15, 0.2) is 117 Å². The lowest BCUT2D eigenvalue weighted by molar-refractivity contribution is -0.642. The summed E-state index contributed by atoms with van der Waals surface area (Å²) in [5.74, 6) is 0. The predicted octanol–water partition coefficient (Wildman–Crippen LogP) is 9.73. The lowest BCUT2D eigenvalue weighted by Gasteiger charge is -2.17. The van der Waals surface area contributed by atoms with Gasteiger partial charge in [0.1, 0.15) is 11.7 Å². The molecule has 0 saturated carbocycles. The Hall–Kier alpha value is -3.31. The molecule has 0 N–H and O–H groups in total. The van der Waals surface area contributed by atoms with E-state index in [0.717, 1.165) is 24.3 Å². The highest BCUT2D eigenvalue weighted by atomic mass is 35.5. The van der Waals surface area contributed by atoms with Crippen LogP contribution >= 0.6 is 34.7 Å². The van der Waals surface area contributed by atoms with Crippen LogP contribution in [0.5, 0.6) is 0 Å². The van der Waals surface area contributed by atoms with Gasteiger partial charge in [0.2, 0.25) is 5.52 Å². The number of hydrogen-bond acceptors (Lipinski definition) is 3. The Morgan fingerprint density at radius 3 is 2.44 bits per heavy atom. The Balaban J connectivity index is 1.18. The summed E-state index contributed by atoms with van der Waals surface area (Å²) < 4.78 is 3.62. The predicted molar refractivity (Wildman–Crippen MR) is 171 cm³/mol. The van der Waals surface area contributed by atoms with Crippen molar-refractivity contribution in [3.05, 3.63) is 117 Å². The fraction of sp³-hybridized carbons (Fsp3) is 0.147. The molecular formula is C34H28ClN2S2+. The summed E-state index contributed by atoms with van der Waals surface area (Å²) in [6.07, 6.45) is 12.1. The summed E-state index contributed by atoms with van der Waals surface area (Å²) in [6.45, 7) is 0. The lowest BCUT2D eigenvalue weighted by atomic mass is 9.94. The van der Waals surface area contributed by atoms with Crippen molar-refractivity contribution >= 4 is 78.2 Å². The number of thiazole rings is 1. The topological polar surface area (TPSA) is 7.12 Å². The summed E-state index contributed by atoms with van der Waals surface area (Å²) in [4.78, 5) is 3.62. The van der Waals surface area contributed by atoms with E-state index in [1.54, 1.807) is 0 Å². The summed E-state index contributed by atoms with van der Waals surface area (Å²) in [7, 11) is 4.30. The van der Waals surface area contributed by atoms with E-state index in [2.05, 4.69) is 121 Å². The number of nitrogens with zero attached hydrogens (tertiary/aromatic N) is 2. The van der Waals surface area contributed by atoms with Gasteiger partial charge in [-0.1, -0.05) is 101 Å². The van der Waals surface area contributed by atoms with Gasteiger partial charge in [-0.3, -0.25) is 0 Å². The monoisotopic (exact) mass is 563 g/mol. The smallest absolute Gasteiger partial charge is 0.262 e. The van der Waals surface area contributed by atoms with Gasteiger partial charge < -0.3 is 4.90 Å². The zero-order valence-electron chi connectivity index (χ0n) is 21.9.